The minimum absolute atomic E-state index is 0.0687. The lowest BCUT2D eigenvalue weighted by Gasteiger charge is -2.20. The third-order valence-corrected chi connectivity index (χ3v) is 2.30. The topological polar surface area (TPSA) is 113 Å². The van der Waals surface area contributed by atoms with Gasteiger partial charge in [-0.3, -0.25) is 9.48 Å². The minimum Gasteiger partial charge on any atom is -0.396 e. The predicted octanol–water partition coefficient (Wildman–Crippen LogP) is -1.04. The van der Waals surface area contributed by atoms with Crippen molar-refractivity contribution in [3.8, 4) is 0 Å². The summed E-state index contributed by atoms with van der Waals surface area (Å²) in [4.78, 5) is 11.7. The Morgan fingerprint density at radius 3 is 2.82 bits per heavy atom. The number of carbonyl (C=O) groups excluding carboxylic acids is 1. The van der Waals surface area contributed by atoms with Gasteiger partial charge in [-0.15, -0.1) is 0 Å². The summed E-state index contributed by atoms with van der Waals surface area (Å²) in [6.45, 7) is 3.41. The summed E-state index contributed by atoms with van der Waals surface area (Å²) < 4.78 is 1.55. The number of aliphatic hydroxyl groups excluding tert-OH is 1. The molecule has 1 unspecified atom stereocenters. The van der Waals surface area contributed by atoms with Crippen molar-refractivity contribution in [1.82, 2.24) is 15.1 Å². The highest BCUT2D eigenvalue weighted by atomic mass is 16.3. The van der Waals surface area contributed by atoms with Crippen LogP contribution in [0, 0.1) is 0 Å². The number of hydrogen-bond donors (Lipinski definition) is 4. The van der Waals surface area contributed by atoms with E-state index in [1.165, 1.54) is 6.92 Å². The van der Waals surface area contributed by atoms with Gasteiger partial charge in [-0.25, -0.2) is 0 Å². The van der Waals surface area contributed by atoms with Crippen molar-refractivity contribution in [2.24, 2.45) is 0 Å². The molecule has 96 valence electrons. The number of aromatic nitrogens is 2. The van der Waals surface area contributed by atoms with Crippen molar-refractivity contribution >= 4 is 11.6 Å². The third-order valence-electron chi connectivity index (χ3n) is 2.30. The Labute approximate surface area is 99.2 Å². The Kier molecular flexibility index (Phi) is 4.08. The van der Waals surface area contributed by atoms with Crippen LogP contribution in [0.25, 0.3) is 0 Å². The smallest absolute Gasteiger partial charge is 0.274 e. The molecule has 0 radical (unpaired) electrons. The zero-order chi connectivity index (χ0) is 13.1. The lowest BCUT2D eigenvalue weighted by Crippen LogP contribution is -2.43. The number of aryl methyl sites for hydroxylation is 1. The van der Waals surface area contributed by atoms with E-state index in [-0.39, 0.29) is 17.9 Å². The standard InChI is InChI=1S/C10H18N4O3/c1-3-14-4-7(11)8(13-14)9(16)12-5-10(2,17)6-15/h4,15,17H,3,5-6,11H2,1-2H3,(H,12,16). The van der Waals surface area contributed by atoms with Gasteiger partial charge in [0.2, 0.25) is 0 Å². The second-order valence-corrected chi connectivity index (χ2v) is 4.13. The molecule has 0 saturated heterocycles. The molecule has 1 amide bonds. The van der Waals surface area contributed by atoms with Gasteiger partial charge in [0.05, 0.1) is 12.3 Å². The zero-order valence-electron chi connectivity index (χ0n) is 9.97. The summed E-state index contributed by atoms with van der Waals surface area (Å²) in [6.07, 6.45) is 1.57. The Balaban J connectivity index is 2.67. The van der Waals surface area contributed by atoms with Gasteiger partial charge in [0.25, 0.3) is 5.91 Å². The van der Waals surface area contributed by atoms with Crippen LogP contribution in [-0.4, -0.2) is 44.7 Å². The molecular weight excluding hydrogens is 224 g/mol. The third kappa shape index (κ3) is 3.43. The molecule has 0 aliphatic rings. The molecule has 0 aliphatic carbocycles. The van der Waals surface area contributed by atoms with Gasteiger partial charge in [0.1, 0.15) is 5.60 Å². The Bertz CT molecular complexity index is 400. The molecule has 0 fully saturated rings. The lowest BCUT2D eigenvalue weighted by molar-refractivity contribution is 0.00316. The van der Waals surface area contributed by atoms with Crippen molar-refractivity contribution in [2.75, 3.05) is 18.9 Å². The lowest BCUT2D eigenvalue weighted by atomic mass is 10.1. The Hall–Kier alpha value is -1.60. The number of aliphatic hydroxyl groups is 2. The molecule has 1 aromatic rings. The van der Waals surface area contributed by atoms with Crippen LogP contribution in [0.15, 0.2) is 6.20 Å². The van der Waals surface area contributed by atoms with Crippen LogP contribution >= 0.6 is 0 Å². The number of nitrogen functional groups attached to an aromatic ring is 1. The van der Waals surface area contributed by atoms with Gasteiger partial charge in [0.15, 0.2) is 5.69 Å². The van der Waals surface area contributed by atoms with E-state index >= 15 is 0 Å². The summed E-state index contributed by atoms with van der Waals surface area (Å²) in [7, 11) is 0. The molecule has 7 heteroatoms. The van der Waals surface area contributed by atoms with Crippen molar-refractivity contribution in [1.29, 1.82) is 0 Å². The number of amides is 1. The molecule has 17 heavy (non-hydrogen) atoms. The largest absolute Gasteiger partial charge is 0.396 e. The average molecular weight is 242 g/mol. The SMILES string of the molecule is CCn1cc(N)c(C(=O)NCC(C)(O)CO)n1. The number of rotatable bonds is 5. The van der Waals surface area contributed by atoms with Gasteiger partial charge < -0.3 is 21.3 Å². The predicted molar refractivity (Wildman–Crippen MR) is 62.4 cm³/mol. The summed E-state index contributed by atoms with van der Waals surface area (Å²) >= 11 is 0. The van der Waals surface area contributed by atoms with E-state index in [0.717, 1.165) is 0 Å². The first-order valence-corrected chi connectivity index (χ1v) is 5.34. The quantitative estimate of drug-likeness (QED) is 0.526. The number of nitrogens with two attached hydrogens (primary N) is 1. The van der Waals surface area contributed by atoms with E-state index in [1.807, 2.05) is 6.92 Å². The summed E-state index contributed by atoms with van der Waals surface area (Å²) in [5.41, 5.74) is 4.69. The van der Waals surface area contributed by atoms with Gasteiger partial charge >= 0.3 is 0 Å². The summed E-state index contributed by atoms with van der Waals surface area (Å²) in [5, 5.41) is 24.8. The van der Waals surface area contributed by atoms with Gasteiger partial charge in [0, 0.05) is 19.3 Å². The highest BCUT2D eigenvalue weighted by molar-refractivity contribution is 5.97. The van der Waals surface area contributed by atoms with Gasteiger partial charge in [-0.1, -0.05) is 0 Å². The van der Waals surface area contributed by atoms with Gasteiger partial charge in [-0.2, -0.15) is 5.10 Å². The summed E-state index contributed by atoms with van der Waals surface area (Å²) in [5.74, 6) is -0.469. The molecular formula is C10H18N4O3. The minimum atomic E-state index is -1.35. The summed E-state index contributed by atoms with van der Waals surface area (Å²) in [6, 6.07) is 0. The number of nitrogens with zero attached hydrogens (tertiary/aromatic N) is 2. The fraction of sp³-hybridized carbons (Fsp3) is 0.600. The Morgan fingerprint density at radius 1 is 1.71 bits per heavy atom. The van der Waals surface area contributed by atoms with Crippen LogP contribution in [0.3, 0.4) is 0 Å². The van der Waals surface area contributed by atoms with Crippen molar-refractivity contribution in [3.63, 3.8) is 0 Å². The number of nitrogens with one attached hydrogen (secondary N) is 1. The first kappa shape index (κ1) is 13.5. The second kappa shape index (κ2) is 5.15. The molecule has 0 spiro atoms. The number of anilines is 1. The first-order valence-electron chi connectivity index (χ1n) is 5.34. The van der Waals surface area contributed by atoms with E-state index in [2.05, 4.69) is 10.4 Å². The highest BCUT2D eigenvalue weighted by Crippen LogP contribution is 2.09. The molecule has 0 saturated carbocycles. The highest BCUT2D eigenvalue weighted by Gasteiger charge is 2.22. The van der Waals surface area contributed by atoms with Crippen molar-refractivity contribution in [2.45, 2.75) is 26.0 Å². The molecule has 0 aliphatic heterocycles. The fourth-order valence-electron chi connectivity index (χ4n) is 1.19. The molecule has 0 aromatic carbocycles. The first-order chi connectivity index (χ1) is 7.89. The van der Waals surface area contributed by atoms with E-state index in [1.54, 1.807) is 10.9 Å². The molecule has 5 N–H and O–H groups in total. The molecule has 1 rings (SSSR count). The molecule has 1 heterocycles. The van der Waals surface area contributed by atoms with E-state index < -0.39 is 18.1 Å². The van der Waals surface area contributed by atoms with E-state index in [0.29, 0.717) is 6.54 Å². The molecule has 7 nitrogen and oxygen atoms in total. The molecule has 1 atom stereocenters. The van der Waals surface area contributed by atoms with Crippen molar-refractivity contribution in [3.05, 3.63) is 11.9 Å². The van der Waals surface area contributed by atoms with Gasteiger partial charge in [-0.05, 0) is 13.8 Å². The van der Waals surface area contributed by atoms with Crippen LogP contribution in [0.4, 0.5) is 5.69 Å². The average Bonchev–Trinajstić information content (AvgIpc) is 2.68. The van der Waals surface area contributed by atoms with Crippen molar-refractivity contribution < 1.29 is 15.0 Å². The van der Waals surface area contributed by atoms with E-state index in [9.17, 15) is 9.90 Å². The molecule has 1 aromatic heterocycles. The number of carbonyl (C=O) groups is 1. The fourth-order valence-corrected chi connectivity index (χ4v) is 1.19. The molecule has 0 bridgehead atoms. The normalized spacial score (nSPS) is 14.4. The van der Waals surface area contributed by atoms with Crippen LogP contribution in [0.5, 0.6) is 0 Å². The van der Waals surface area contributed by atoms with Crippen LogP contribution in [0.1, 0.15) is 24.3 Å². The van der Waals surface area contributed by atoms with Crippen LogP contribution < -0.4 is 11.1 Å². The van der Waals surface area contributed by atoms with E-state index in [4.69, 9.17) is 10.8 Å². The number of hydrogen-bond acceptors (Lipinski definition) is 5. The second-order valence-electron chi connectivity index (χ2n) is 4.13. The van der Waals surface area contributed by atoms with Crippen LogP contribution in [-0.2, 0) is 6.54 Å². The maximum atomic E-state index is 11.7. The Morgan fingerprint density at radius 2 is 2.35 bits per heavy atom. The monoisotopic (exact) mass is 242 g/mol. The zero-order valence-corrected chi connectivity index (χ0v) is 9.97. The maximum Gasteiger partial charge on any atom is 0.274 e. The maximum absolute atomic E-state index is 11.7. The van der Waals surface area contributed by atoms with Crippen LogP contribution in [0.2, 0.25) is 0 Å².